The molecule has 2 N–H and O–H groups in total. The first-order valence-electron chi connectivity index (χ1n) is 5.38. The normalized spacial score (nSPS) is 10.8. The summed E-state index contributed by atoms with van der Waals surface area (Å²) in [6.07, 6.45) is 3.41. The van der Waals surface area contributed by atoms with E-state index in [1.54, 1.807) is 0 Å². The number of aromatic amines is 1. The van der Waals surface area contributed by atoms with Crippen molar-refractivity contribution in [3.63, 3.8) is 0 Å². The molecular formula is C12H11ClN4S2. The van der Waals surface area contributed by atoms with E-state index in [9.17, 15) is 0 Å². The van der Waals surface area contributed by atoms with Gasteiger partial charge in [-0.25, -0.2) is 4.98 Å². The molecule has 19 heavy (non-hydrogen) atoms. The minimum atomic E-state index is 0.444. The van der Waals surface area contributed by atoms with Gasteiger partial charge in [0.15, 0.2) is 4.32 Å². The molecule has 0 saturated heterocycles. The molecule has 1 aromatic carbocycles. The van der Waals surface area contributed by atoms with Crippen molar-refractivity contribution in [3.8, 4) is 11.4 Å². The van der Waals surface area contributed by atoms with E-state index in [4.69, 9.17) is 23.8 Å². The molecular weight excluding hydrogens is 300 g/mol. The summed E-state index contributed by atoms with van der Waals surface area (Å²) in [7, 11) is 0. The molecule has 0 aliphatic carbocycles. The van der Waals surface area contributed by atoms with Crippen LogP contribution >= 0.6 is 35.6 Å². The van der Waals surface area contributed by atoms with Crippen LogP contribution in [-0.4, -0.2) is 26.8 Å². The first-order valence-corrected chi connectivity index (χ1v) is 7.39. The monoisotopic (exact) mass is 310 g/mol. The van der Waals surface area contributed by atoms with Crippen molar-refractivity contribution in [3.05, 3.63) is 41.2 Å². The van der Waals surface area contributed by atoms with Crippen molar-refractivity contribution < 1.29 is 0 Å². The van der Waals surface area contributed by atoms with Crippen LogP contribution in [0.15, 0.2) is 35.4 Å². The van der Waals surface area contributed by atoms with Gasteiger partial charge < -0.3 is 4.98 Å². The molecule has 0 aliphatic rings. The van der Waals surface area contributed by atoms with Crippen LogP contribution in [0.5, 0.6) is 0 Å². The summed E-state index contributed by atoms with van der Waals surface area (Å²) >= 11 is 12.4. The van der Waals surface area contributed by atoms with Crippen LogP contribution < -0.4 is 5.43 Å². The van der Waals surface area contributed by atoms with Crippen molar-refractivity contribution >= 4 is 46.1 Å². The Kier molecular flexibility index (Phi) is 4.95. The van der Waals surface area contributed by atoms with Gasteiger partial charge >= 0.3 is 0 Å². The van der Waals surface area contributed by atoms with E-state index >= 15 is 0 Å². The molecule has 0 amide bonds. The zero-order valence-electron chi connectivity index (χ0n) is 10.1. The highest BCUT2D eigenvalue weighted by Crippen LogP contribution is 2.19. The standard InChI is InChI=1S/C12H11ClN4S2/c1-19-12(18)17-14-7-9-10(13)16-11(15-9)8-5-3-2-4-6-8/h2-7H,1H3,(H,15,16)(H,17,18)/b14-7-. The van der Waals surface area contributed by atoms with Gasteiger partial charge in [-0.1, -0.05) is 65.9 Å². The fourth-order valence-electron chi connectivity index (χ4n) is 1.38. The van der Waals surface area contributed by atoms with Crippen molar-refractivity contribution in [1.82, 2.24) is 15.4 Å². The van der Waals surface area contributed by atoms with Gasteiger partial charge in [0.1, 0.15) is 16.7 Å². The molecule has 0 saturated carbocycles. The minimum absolute atomic E-state index is 0.444. The molecule has 0 fully saturated rings. The van der Waals surface area contributed by atoms with E-state index < -0.39 is 0 Å². The zero-order valence-corrected chi connectivity index (χ0v) is 12.4. The van der Waals surface area contributed by atoms with Crippen molar-refractivity contribution in [2.45, 2.75) is 0 Å². The number of rotatable bonds is 3. The first-order chi connectivity index (χ1) is 9.20. The Morgan fingerprint density at radius 1 is 1.47 bits per heavy atom. The number of H-pyrrole nitrogens is 1. The van der Waals surface area contributed by atoms with Crippen molar-refractivity contribution in [1.29, 1.82) is 0 Å². The number of hydrogen-bond acceptors (Lipinski definition) is 4. The lowest BCUT2D eigenvalue weighted by atomic mass is 10.2. The zero-order chi connectivity index (χ0) is 13.7. The number of hydrogen-bond donors (Lipinski definition) is 2. The highest BCUT2D eigenvalue weighted by molar-refractivity contribution is 8.22. The van der Waals surface area contributed by atoms with Gasteiger partial charge in [0.2, 0.25) is 0 Å². The molecule has 98 valence electrons. The second kappa shape index (κ2) is 6.70. The maximum atomic E-state index is 6.07. The maximum Gasteiger partial charge on any atom is 0.153 e. The third kappa shape index (κ3) is 3.79. The summed E-state index contributed by atoms with van der Waals surface area (Å²) in [6, 6.07) is 9.74. The second-order valence-corrected chi connectivity index (χ2v) is 5.37. The third-order valence-corrected chi connectivity index (χ3v) is 3.60. The van der Waals surface area contributed by atoms with Crippen LogP contribution in [0.2, 0.25) is 5.15 Å². The van der Waals surface area contributed by atoms with Crippen molar-refractivity contribution in [2.24, 2.45) is 5.10 Å². The molecule has 7 heteroatoms. The Balaban J connectivity index is 2.16. The Bertz CT molecular complexity index is 595. The van der Waals surface area contributed by atoms with Gasteiger partial charge in [-0.2, -0.15) is 5.10 Å². The van der Waals surface area contributed by atoms with Crippen LogP contribution in [0.4, 0.5) is 0 Å². The number of nitrogens with zero attached hydrogens (tertiary/aromatic N) is 2. The summed E-state index contributed by atoms with van der Waals surface area (Å²) in [5.41, 5.74) is 4.24. The summed E-state index contributed by atoms with van der Waals surface area (Å²) in [5.74, 6) is 0.708. The number of aromatic nitrogens is 2. The van der Waals surface area contributed by atoms with Crippen LogP contribution in [0.3, 0.4) is 0 Å². The molecule has 1 aromatic heterocycles. The molecule has 0 spiro atoms. The highest BCUT2D eigenvalue weighted by atomic mass is 35.5. The quantitative estimate of drug-likeness (QED) is 0.519. The molecule has 2 rings (SSSR count). The highest BCUT2D eigenvalue weighted by Gasteiger charge is 2.07. The smallest absolute Gasteiger partial charge is 0.153 e. The topological polar surface area (TPSA) is 53.1 Å². The number of nitrogens with one attached hydrogen (secondary N) is 2. The Morgan fingerprint density at radius 2 is 2.21 bits per heavy atom. The molecule has 2 aromatic rings. The number of benzene rings is 1. The second-order valence-electron chi connectivity index (χ2n) is 3.51. The lowest BCUT2D eigenvalue weighted by Crippen LogP contribution is -2.10. The maximum absolute atomic E-state index is 6.07. The third-order valence-electron chi connectivity index (χ3n) is 2.26. The van der Waals surface area contributed by atoms with Gasteiger partial charge in [0, 0.05) is 5.56 Å². The summed E-state index contributed by atoms with van der Waals surface area (Å²) in [4.78, 5) is 7.39. The fraction of sp³-hybridized carbons (Fsp3) is 0.0833. The Morgan fingerprint density at radius 3 is 2.89 bits per heavy atom. The molecule has 0 radical (unpaired) electrons. The lowest BCUT2D eigenvalue weighted by Gasteiger charge is -1.95. The van der Waals surface area contributed by atoms with Crippen LogP contribution in [0.25, 0.3) is 11.4 Å². The number of halogens is 1. The SMILES string of the molecule is CSC(=S)N/N=C\c1nc(-c2ccccc2)[nH]c1Cl. The molecule has 0 bridgehead atoms. The molecule has 0 aliphatic heterocycles. The molecule has 0 atom stereocenters. The van der Waals surface area contributed by atoms with Crippen molar-refractivity contribution in [2.75, 3.05) is 6.26 Å². The summed E-state index contributed by atoms with van der Waals surface area (Å²) < 4.78 is 0.589. The Hall–Kier alpha value is -1.37. The van der Waals surface area contributed by atoms with E-state index in [0.29, 0.717) is 21.0 Å². The first kappa shape index (κ1) is 14.0. The molecule has 4 nitrogen and oxygen atoms in total. The van der Waals surface area contributed by atoms with E-state index in [-0.39, 0.29) is 0 Å². The number of imidazole rings is 1. The predicted molar refractivity (Wildman–Crippen MR) is 85.9 cm³/mol. The Labute approximate surface area is 125 Å². The predicted octanol–water partition coefficient (Wildman–Crippen LogP) is 3.30. The van der Waals surface area contributed by atoms with Gasteiger partial charge in [-0.15, -0.1) is 0 Å². The van der Waals surface area contributed by atoms with Crippen LogP contribution in [0, 0.1) is 0 Å². The number of thiocarbonyl (C=S) groups is 1. The fourth-order valence-corrected chi connectivity index (χ4v) is 1.75. The summed E-state index contributed by atoms with van der Waals surface area (Å²) in [6.45, 7) is 0. The average Bonchev–Trinajstić information content (AvgIpc) is 2.81. The molecule has 0 unspecified atom stereocenters. The largest absolute Gasteiger partial charge is 0.328 e. The van der Waals surface area contributed by atoms with E-state index in [0.717, 1.165) is 5.56 Å². The van der Waals surface area contributed by atoms with E-state index in [1.165, 1.54) is 18.0 Å². The van der Waals surface area contributed by atoms with E-state index in [1.807, 2.05) is 36.6 Å². The van der Waals surface area contributed by atoms with Gasteiger partial charge in [-0.05, 0) is 6.26 Å². The number of thioether (sulfide) groups is 1. The minimum Gasteiger partial charge on any atom is -0.328 e. The molecule has 1 heterocycles. The van der Waals surface area contributed by atoms with Crippen LogP contribution in [-0.2, 0) is 0 Å². The van der Waals surface area contributed by atoms with Gasteiger partial charge in [0.25, 0.3) is 0 Å². The van der Waals surface area contributed by atoms with Crippen LogP contribution in [0.1, 0.15) is 5.69 Å². The van der Waals surface area contributed by atoms with E-state index in [2.05, 4.69) is 20.5 Å². The van der Waals surface area contributed by atoms with Gasteiger partial charge in [-0.3, -0.25) is 5.43 Å². The summed E-state index contributed by atoms with van der Waals surface area (Å²) in [5, 5.41) is 4.42. The average molecular weight is 311 g/mol. The lowest BCUT2D eigenvalue weighted by molar-refractivity contribution is 1.07. The number of hydrazone groups is 1. The van der Waals surface area contributed by atoms with Gasteiger partial charge in [0.05, 0.1) is 6.21 Å².